The highest BCUT2D eigenvalue weighted by molar-refractivity contribution is 5.94. The van der Waals surface area contributed by atoms with Crippen LogP contribution in [0, 0.1) is 19.7 Å². The van der Waals surface area contributed by atoms with E-state index >= 15 is 0 Å². The molecule has 2 heterocycles. The molecule has 1 fully saturated rings. The molecule has 1 saturated heterocycles. The summed E-state index contributed by atoms with van der Waals surface area (Å²) in [7, 11) is 0. The third-order valence-corrected chi connectivity index (χ3v) is 7.36. The molecule has 1 aromatic heterocycles. The van der Waals surface area contributed by atoms with Gasteiger partial charge in [-0.15, -0.1) is 0 Å². The van der Waals surface area contributed by atoms with Crippen molar-refractivity contribution >= 4 is 17.6 Å². The Morgan fingerprint density at radius 3 is 2.50 bits per heavy atom. The zero-order chi connectivity index (χ0) is 29.1. The average molecular weight is 549 g/mol. The van der Waals surface area contributed by atoms with E-state index in [9.17, 15) is 14.0 Å². The zero-order valence-electron chi connectivity index (χ0n) is 23.7. The quantitative estimate of drug-likeness (QED) is 0.417. The van der Waals surface area contributed by atoms with E-state index in [1.807, 2.05) is 31.7 Å². The van der Waals surface area contributed by atoms with Crippen molar-refractivity contribution in [2.45, 2.75) is 53.2 Å². The van der Waals surface area contributed by atoms with Crippen LogP contribution in [0.2, 0.25) is 0 Å². The van der Waals surface area contributed by atoms with Gasteiger partial charge in [0, 0.05) is 31.2 Å². The zero-order valence-corrected chi connectivity index (χ0v) is 23.7. The molecule has 4 rings (SSSR count). The number of aromatic nitrogens is 2. The fourth-order valence-electron chi connectivity index (χ4n) is 4.89. The number of halogens is 1. The van der Waals surface area contributed by atoms with E-state index in [1.165, 1.54) is 23.8 Å². The van der Waals surface area contributed by atoms with Gasteiger partial charge in [-0.3, -0.25) is 14.5 Å². The number of carbonyl (C=O) groups is 2. The number of benzene rings is 2. The molecule has 0 saturated carbocycles. The molecule has 4 N–H and O–H groups in total. The maximum atomic E-state index is 15.0. The number of hydrogen-bond donors (Lipinski definition) is 2. The second-order valence-corrected chi connectivity index (χ2v) is 10.7. The van der Waals surface area contributed by atoms with Crippen molar-refractivity contribution in [2.24, 2.45) is 11.5 Å². The second-order valence-electron chi connectivity index (χ2n) is 10.7. The standard InChI is InChI=1S/C30H37FN6O3/c1-17(2)21-7-6-18(3)26(13-21)40-16-24-20(5)34-29(23-12-22(28(33)39)8-9-25(23)31)35-30(24)37-11-10-36(15-27(32)38)19(4)14-37/h6-9,12-13,17,19H,10-11,14-16H2,1-5H3,(H2,32,38)(H2,33,39)/t19-/m1/s1. The molecule has 2 amide bonds. The lowest BCUT2D eigenvalue weighted by molar-refractivity contribution is -0.119. The van der Waals surface area contributed by atoms with Crippen LogP contribution in [0.15, 0.2) is 36.4 Å². The number of piperazine rings is 1. The lowest BCUT2D eigenvalue weighted by atomic mass is 10.0. The molecule has 1 atom stereocenters. The number of carbonyl (C=O) groups excluding carboxylic acids is 2. The van der Waals surface area contributed by atoms with Crippen molar-refractivity contribution < 1.29 is 18.7 Å². The normalized spacial score (nSPS) is 15.9. The van der Waals surface area contributed by atoms with Gasteiger partial charge in [-0.25, -0.2) is 14.4 Å². The smallest absolute Gasteiger partial charge is 0.248 e. The number of primary amides is 2. The Morgan fingerprint density at radius 1 is 1.10 bits per heavy atom. The van der Waals surface area contributed by atoms with Crippen LogP contribution in [0.1, 0.15) is 59.4 Å². The van der Waals surface area contributed by atoms with Crippen molar-refractivity contribution in [3.05, 3.63) is 70.2 Å². The van der Waals surface area contributed by atoms with Gasteiger partial charge in [0.1, 0.15) is 24.0 Å². The summed E-state index contributed by atoms with van der Waals surface area (Å²) >= 11 is 0. The molecule has 0 aliphatic carbocycles. The van der Waals surface area contributed by atoms with Crippen molar-refractivity contribution in [1.29, 1.82) is 0 Å². The van der Waals surface area contributed by atoms with Crippen molar-refractivity contribution in [1.82, 2.24) is 14.9 Å². The summed E-state index contributed by atoms with van der Waals surface area (Å²) < 4.78 is 21.3. The largest absolute Gasteiger partial charge is 0.488 e. The van der Waals surface area contributed by atoms with Crippen LogP contribution in [0.4, 0.5) is 10.2 Å². The van der Waals surface area contributed by atoms with Gasteiger partial charge in [0.05, 0.1) is 23.4 Å². The van der Waals surface area contributed by atoms with Gasteiger partial charge in [-0.1, -0.05) is 26.0 Å². The number of anilines is 1. The Morgan fingerprint density at radius 2 is 1.85 bits per heavy atom. The molecule has 0 radical (unpaired) electrons. The molecule has 1 aliphatic heterocycles. The van der Waals surface area contributed by atoms with Crippen molar-refractivity contribution in [2.75, 3.05) is 31.1 Å². The van der Waals surface area contributed by atoms with Crippen molar-refractivity contribution in [3.63, 3.8) is 0 Å². The number of nitrogens with zero attached hydrogens (tertiary/aromatic N) is 4. The lowest BCUT2D eigenvalue weighted by Crippen LogP contribution is -2.54. The molecule has 0 spiro atoms. The molecule has 40 heavy (non-hydrogen) atoms. The summed E-state index contributed by atoms with van der Waals surface area (Å²) in [6.07, 6.45) is 0. The molecule has 0 bridgehead atoms. The number of ether oxygens (including phenoxy) is 1. The van der Waals surface area contributed by atoms with Gasteiger partial charge in [-0.2, -0.15) is 0 Å². The summed E-state index contributed by atoms with van der Waals surface area (Å²) in [6.45, 7) is 12.3. The highest BCUT2D eigenvalue weighted by atomic mass is 19.1. The molecule has 3 aromatic rings. The molecular formula is C30H37FN6O3. The summed E-state index contributed by atoms with van der Waals surface area (Å²) in [5.41, 5.74) is 14.7. The van der Waals surface area contributed by atoms with Crippen LogP contribution in [-0.4, -0.2) is 58.9 Å². The number of amides is 2. The third-order valence-electron chi connectivity index (χ3n) is 7.36. The summed E-state index contributed by atoms with van der Waals surface area (Å²) in [5.74, 6) is 0.310. The Kier molecular flexibility index (Phi) is 8.68. The third kappa shape index (κ3) is 6.39. The van der Waals surface area contributed by atoms with Crippen LogP contribution in [-0.2, 0) is 11.4 Å². The first kappa shape index (κ1) is 28.9. The molecular weight excluding hydrogens is 511 g/mol. The Balaban J connectivity index is 1.75. The van der Waals surface area contributed by atoms with Gasteiger partial charge in [0.2, 0.25) is 11.8 Å². The lowest BCUT2D eigenvalue weighted by Gasteiger charge is -2.40. The van der Waals surface area contributed by atoms with E-state index in [2.05, 4.69) is 35.9 Å². The van der Waals surface area contributed by atoms with Gasteiger partial charge in [-0.05, 0) is 62.1 Å². The van der Waals surface area contributed by atoms with E-state index in [4.69, 9.17) is 21.2 Å². The van der Waals surface area contributed by atoms with E-state index in [1.54, 1.807) is 0 Å². The predicted octanol–water partition coefficient (Wildman–Crippen LogP) is 3.70. The molecule has 1 aliphatic rings. The van der Waals surface area contributed by atoms with Crippen molar-refractivity contribution in [3.8, 4) is 17.1 Å². The van der Waals surface area contributed by atoms with Crippen LogP contribution in [0.5, 0.6) is 5.75 Å². The topological polar surface area (TPSA) is 128 Å². The fourth-order valence-corrected chi connectivity index (χ4v) is 4.89. The summed E-state index contributed by atoms with van der Waals surface area (Å²) in [5, 5.41) is 0. The number of aryl methyl sites for hydroxylation is 2. The van der Waals surface area contributed by atoms with Gasteiger partial charge >= 0.3 is 0 Å². The fraction of sp³-hybridized carbons (Fsp3) is 0.400. The molecule has 0 unspecified atom stereocenters. The second kappa shape index (κ2) is 12.0. The van der Waals surface area contributed by atoms with E-state index < -0.39 is 11.7 Å². The van der Waals surface area contributed by atoms with E-state index in [-0.39, 0.29) is 42.1 Å². The minimum atomic E-state index is -0.665. The Bertz CT molecular complexity index is 1430. The molecule has 2 aromatic carbocycles. The maximum Gasteiger partial charge on any atom is 0.248 e. The molecule has 10 heteroatoms. The number of rotatable bonds is 9. The summed E-state index contributed by atoms with van der Waals surface area (Å²) in [6, 6.07) is 10.1. The van der Waals surface area contributed by atoms with Gasteiger partial charge < -0.3 is 21.1 Å². The Hall–Kier alpha value is -4.05. The number of hydrogen-bond acceptors (Lipinski definition) is 7. The minimum absolute atomic E-state index is 0.0219. The van der Waals surface area contributed by atoms with Crippen LogP contribution in [0.25, 0.3) is 11.4 Å². The predicted molar refractivity (Wildman–Crippen MR) is 153 cm³/mol. The molecule has 9 nitrogen and oxygen atoms in total. The highest BCUT2D eigenvalue weighted by Gasteiger charge is 2.29. The minimum Gasteiger partial charge on any atom is -0.488 e. The first-order valence-corrected chi connectivity index (χ1v) is 13.4. The molecule has 212 valence electrons. The van der Waals surface area contributed by atoms with Gasteiger partial charge in [0.15, 0.2) is 5.82 Å². The monoisotopic (exact) mass is 548 g/mol. The Labute approximate surface area is 234 Å². The van der Waals surface area contributed by atoms with E-state index in [0.29, 0.717) is 37.1 Å². The van der Waals surface area contributed by atoms with Crippen LogP contribution >= 0.6 is 0 Å². The number of nitrogens with two attached hydrogens (primary N) is 2. The maximum absolute atomic E-state index is 15.0. The van der Waals surface area contributed by atoms with Gasteiger partial charge in [0.25, 0.3) is 0 Å². The first-order chi connectivity index (χ1) is 18.9. The first-order valence-electron chi connectivity index (χ1n) is 13.4. The average Bonchev–Trinajstić information content (AvgIpc) is 2.89. The SMILES string of the molecule is Cc1ccc(C(C)C)cc1OCc1c(C)nc(-c2cc(C(N)=O)ccc2F)nc1N1CCN(CC(N)=O)[C@H](C)C1. The van der Waals surface area contributed by atoms with E-state index in [0.717, 1.165) is 16.9 Å². The van der Waals surface area contributed by atoms with Crippen LogP contribution in [0.3, 0.4) is 0 Å². The van der Waals surface area contributed by atoms with Crippen LogP contribution < -0.4 is 21.1 Å². The summed E-state index contributed by atoms with van der Waals surface area (Å²) in [4.78, 5) is 36.9. The highest BCUT2D eigenvalue weighted by Crippen LogP contribution is 2.31.